The smallest absolute Gasteiger partial charge is 0.367 e. The fourth-order valence-corrected chi connectivity index (χ4v) is 2.78. The van der Waals surface area contributed by atoms with E-state index >= 15 is 0 Å². The summed E-state index contributed by atoms with van der Waals surface area (Å²) in [5.74, 6) is 0.365. The van der Waals surface area contributed by atoms with Gasteiger partial charge in [-0.05, 0) is 32.3 Å². The van der Waals surface area contributed by atoms with Crippen LogP contribution in [0.4, 0.5) is 0 Å². The van der Waals surface area contributed by atoms with E-state index < -0.39 is 5.97 Å². The van der Waals surface area contributed by atoms with E-state index in [9.17, 15) is 9.59 Å². The maximum Gasteiger partial charge on any atom is 0.367 e. The minimum atomic E-state index is -0.477. The van der Waals surface area contributed by atoms with Crippen molar-refractivity contribution in [1.29, 1.82) is 0 Å². The molecule has 0 aliphatic carbocycles. The Labute approximate surface area is 127 Å². The Kier molecular flexibility index (Phi) is 7.01. The molecule has 1 atom stereocenters. The molecule has 112 valence electrons. The highest BCUT2D eigenvalue weighted by atomic mass is 32.2. The molecule has 0 saturated heterocycles. The van der Waals surface area contributed by atoms with Crippen molar-refractivity contribution in [2.24, 2.45) is 0 Å². The van der Waals surface area contributed by atoms with E-state index in [4.69, 9.17) is 4.74 Å². The molecule has 20 heavy (non-hydrogen) atoms. The second kappa shape index (κ2) is 8.26. The lowest BCUT2D eigenvalue weighted by Gasteiger charge is -2.23. The Balaban J connectivity index is 2.70. The molecule has 0 spiro atoms. The summed E-state index contributed by atoms with van der Waals surface area (Å²) in [5.41, 5.74) is 0.302. The number of rotatable bonds is 7. The third-order valence-electron chi connectivity index (χ3n) is 2.89. The molecule has 7 heteroatoms. The van der Waals surface area contributed by atoms with E-state index in [-0.39, 0.29) is 17.0 Å². The average Bonchev–Trinajstić information content (AvgIpc) is 2.93. The van der Waals surface area contributed by atoms with Crippen LogP contribution >= 0.6 is 23.1 Å². The summed E-state index contributed by atoms with van der Waals surface area (Å²) in [5, 5.41) is 1.83. The zero-order chi connectivity index (χ0) is 15.1. The number of aromatic nitrogens is 1. The summed E-state index contributed by atoms with van der Waals surface area (Å²) in [6, 6.07) is 0.141. The summed E-state index contributed by atoms with van der Waals surface area (Å²) < 4.78 is 4.86. The van der Waals surface area contributed by atoms with Crippen molar-refractivity contribution in [2.75, 3.05) is 25.7 Å². The van der Waals surface area contributed by atoms with Gasteiger partial charge in [-0.15, -0.1) is 11.3 Å². The van der Waals surface area contributed by atoms with Gasteiger partial charge in [-0.3, -0.25) is 4.79 Å². The van der Waals surface area contributed by atoms with Gasteiger partial charge in [-0.25, -0.2) is 9.78 Å². The Morgan fingerprint density at radius 2 is 2.25 bits per heavy atom. The number of carbonyl (C=O) groups is 2. The van der Waals surface area contributed by atoms with E-state index in [1.807, 2.05) is 13.2 Å². The molecule has 1 aromatic rings. The lowest BCUT2D eigenvalue weighted by Crippen LogP contribution is -2.35. The highest BCUT2D eigenvalue weighted by Gasteiger charge is 2.21. The quantitative estimate of drug-likeness (QED) is 0.724. The van der Waals surface area contributed by atoms with Crippen molar-refractivity contribution < 1.29 is 14.3 Å². The molecular weight excluding hydrogens is 296 g/mol. The molecule has 1 unspecified atom stereocenters. The van der Waals surface area contributed by atoms with Crippen LogP contribution < -0.4 is 0 Å². The Morgan fingerprint density at radius 3 is 2.85 bits per heavy atom. The first-order valence-electron chi connectivity index (χ1n) is 6.40. The highest BCUT2D eigenvalue weighted by Crippen LogP contribution is 2.15. The zero-order valence-corrected chi connectivity index (χ0v) is 13.8. The predicted octanol–water partition coefficient (Wildman–Crippen LogP) is 2.53. The topological polar surface area (TPSA) is 59.5 Å². The van der Waals surface area contributed by atoms with Gasteiger partial charge >= 0.3 is 5.97 Å². The van der Waals surface area contributed by atoms with Crippen LogP contribution in [0.3, 0.4) is 0 Å². The van der Waals surface area contributed by atoms with Crippen LogP contribution in [-0.2, 0) is 4.74 Å². The summed E-state index contributed by atoms with van der Waals surface area (Å²) >= 11 is 2.89. The van der Waals surface area contributed by atoms with Gasteiger partial charge in [0.2, 0.25) is 5.01 Å². The largest absolute Gasteiger partial charge is 0.461 e. The number of amides is 1. The van der Waals surface area contributed by atoms with Crippen molar-refractivity contribution in [3.05, 3.63) is 16.1 Å². The number of esters is 1. The summed E-state index contributed by atoms with van der Waals surface area (Å²) in [6.07, 6.45) is 2.97. The normalized spacial score (nSPS) is 12.0. The van der Waals surface area contributed by atoms with Crippen LogP contribution in [0.25, 0.3) is 0 Å². The van der Waals surface area contributed by atoms with Crippen molar-refractivity contribution in [2.45, 2.75) is 26.3 Å². The first-order valence-corrected chi connectivity index (χ1v) is 8.67. The summed E-state index contributed by atoms with van der Waals surface area (Å²) in [6.45, 7) is 4.04. The number of thiazole rings is 1. The van der Waals surface area contributed by atoms with Crippen LogP contribution in [0.2, 0.25) is 0 Å². The second-order valence-electron chi connectivity index (χ2n) is 4.30. The van der Waals surface area contributed by atoms with Crippen LogP contribution in [0.1, 0.15) is 40.6 Å². The van der Waals surface area contributed by atoms with Gasteiger partial charge in [0.1, 0.15) is 5.69 Å². The third-order valence-corrected chi connectivity index (χ3v) is 4.36. The van der Waals surface area contributed by atoms with Crippen molar-refractivity contribution in [1.82, 2.24) is 9.88 Å². The number of nitrogens with zero attached hydrogens (tertiary/aromatic N) is 2. The maximum absolute atomic E-state index is 12.3. The summed E-state index contributed by atoms with van der Waals surface area (Å²) in [4.78, 5) is 29.5. The fraction of sp³-hybridized carbons (Fsp3) is 0.615. The van der Waals surface area contributed by atoms with Crippen LogP contribution in [0.5, 0.6) is 0 Å². The first kappa shape index (κ1) is 17.0. The molecule has 0 bridgehead atoms. The van der Waals surface area contributed by atoms with Crippen LogP contribution in [0.15, 0.2) is 5.38 Å². The maximum atomic E-state index is 12.3. The molecule has 5 nitrogen and oxygen atoms in total. The first-order chi connectivity index (χ1) is 9.51. The third kappa shape index (κ3) is 4.49. The minimum absolute atomic E-state index is 0.141. The molecule has 1 rings (SSSR count). The van der Waals surface area contributed by atoms with Gasteiger partial charge in [0, 0.05) is 18.5 Å². The van der Waals surface area contributed by atoms with Crippen molar-refractivity contribution in [3.8, 4) is 0 Å². The van der Waals surface area contributed by atoms with Crippen molar-refractivity contribution >= 4 is 35.0 Å². The molecule has 1 heterocycles. The number of hydrogen-bond acceptors (Lipinski definition) is 6. The number of hydrogen-bond donors (Lipinski definition) is 0. The Morgan fingerprint density at radius 1 is 1.55 bits per heavy atom. The molecule has 0 radical (unpaired) electrons. The monoisotopic (exact) mass is 316 g/mol. The van der Waals surface area contributed by atoms with Gasteiger partial charge in [0.15, 0.2) is 0 Å². The molecule has 1 aromatic heterocycles. The number of thioether (sulfide) groups is 1. The predicted molar refractivity (Wildman–Crippen MR) is 82.6 cm³/mol. The van der Waals surface area contributed by atoms with E-state index in [1.165, 1.54) is 0 Å². The van der Waals surface area contributed by atoms with Crippen molar-refractivity contribution in [3.63, 3.8) is 0 Å². The molecule has 0 fully saturated rings. The Hall–Kier alpha value is -1.08. The zero-order valence-electron chi connectivity index (χ0n) is 12.2. The van der Waals surface area contributed by atoms with Gasteiger partial charge < -0.3 is 9.64 Å². The second-order valence-corrected chi connectivity index (χ2v) is 6.15. The fourth-order valence-electron chi connectivity index (χ4n) is 1.52. The summed E-state index contributed by atoms with van der Waals surface area (Å²) in [7, 11) is 1.76. The van der Waals surface area contributed by atoms with Crippen LogP contribution in [0, 0.1) is 0 Å². The highest BCUT2D eigenvalue weighted by molar-refractivity contribution is 7.98. The van der Waals surface area contributed by atoms with E-state index in [1.54, 1.807) is 36.0 Å². The average molecular weight is 316 g/mol. The number of carbonyl (C=O) groups excluding carboxylic acids is 2. The molecule has 0 aliphatic rings. The van der Waals surface area contributed by atoms with Gasteiger partial charge in [-0.2, -0.15) is 11.8 Å². The molecular formula is C13H20N2O3S2. The lowest BCUT2D eigenvalue weighted by molar-refractivity contribution is 0.0526. The van der Waals surface area contributed by atoms with E-state index in [2.05, 4.69) is 4.98 Å². The lowest BCUT2D eigenvalue weighted by atomic mass is 10.2. The van der Waals surface area contributed by atoms with E-state index in [0.717, 1.165) is 23.5 Å². The molecule has 0 aromatic carbocycles. The minimum Gasteiger partial charge on any atom is -0.461 e. The molecule has 1 amide bonds. The Bertz CT molecular complexity index is 462. The number of ether oxygens (including phenoxy) is 1. The van der Waals surface area contributed by atoms with E-state index in [0.29, 0.717) is 12.3 Å². The molecule has 0 saturated carbocycles. The van der Waals surface area contributed by atoms with Gasteiger partial charge in [0.25, 0.3) is 5.91 Å². The van der Waals surface area contributed by atoms with Gasteiger partial charge in [0.05, 0.1) is 6.61 Å². The van der Waals surface area contributed by atoms with Crippen LogP contribution in [-0.4, -0.2) is 53.5 Å². The molecule has 0 N–H and O–H groups in total. The molecule has 0 aliphatic heterocycles. The van der Waals surface area contributed by atoms with Gasteiger partial charge in [-0.1, -0.05) is 0 Å². The standard InChI is InChI=1S/C13H20N2O3S2/c1-5-18-13(17)11-14-10(8-20-11)12(16)15(3)9(2)6-7-19-4/h8-9H,5-7H2,1-4H3. The SMILES string of the molecule is CCOC(=O)c1nc(C(=O)N(C)C(C)CCSC)cs1.